The van der Waals surface area contributed by atoms with Crippen LogP contribution in [0.1, 0.15) is 42.3 Å². The van der Waals surface area contributed by atoms with Gasteiger partial charge in [-0.1, -0.05) is 31.5 Å². The Bertz CT molecular complexity index is 423. The summed E-state index contributed by atoms with van der Waals surface area (Å²) in [6.07, 6.45) is 0. The number of ketones is 1. The Hall–Kier alpha value is -1.15. The number of carbonyl (C=O) groups is 1. The molecule has 2 nitrogen and oxygen atoms in total. The van der Waals surface area contributed by atoms with E-state index in [9.17, 15) is 4.79 Å². The van der Waals surface area contributed by atoms with E-state index in [0.29, 0.717) is 18.5 Å². The molecule has 0 aliphatic rings. The van der Waals surface area contributed by atoms with Gasteiger partial charge in [0.15, 0.2) is 5.78 Å². The van der Waals surface area contributed by atoms with Crippen LogP contribution in [0.2, 0.25) is 0 Å². The zero-order chi connectivity index (χ0) is 13.9. The van der Waals surface area contributed by atoms with Crippen LogP contribution >= 0.6 is 0 Å². The number of hydrogen-bond acceptors (Lipinski definition) is 2. The summed E-state index contributed by atoms with van der Waals surface area (Å²) in [4.78, 5) is 14.4. The van der Waals surface area contributed by atoms with E-state index < -0.39 is 0 Å². The molecule has 0 amide bonds. The van der Waals surface area contributed by atoms with Gasteiger partial charge in [-0.05, 0) is 45.4 Å². The lowest BCUT2D eigenvalue weighted by Crippen LogP contribution is -2.37. The van der Waals surface area contributed by atoms with Crippen molar-refractivity contribution in [3.05, 3.63) is 34.9 Å². The van der Waals surface area contributed by atoms with E-state index in [4.69, 9.17) is 0 Å². The zero-order valence-corrected chi connectivity index (χ0v) is 12.4. The Morgan fingerprint density at radius 2 is 1.83 bits per heavy atom. The molecule has 1 aromatic carbocycles. The molecule has 0 bridgehead atoms. The summed E-state index contributed by atoms with van der Waals surface area (Å²) in [5, 5.41) is 0. The minimum atomic E-state index is 0.214. The Morgan fingerprint density at radius 1 is 1.22 bits per heavy atom. The first kappa shape index (κ1) is 14.9. The minimum absolute atomic E-state index is 0.214. The quantitative estimate of drug-likeness (QED) is 0.743. The molecule has 0 N–H and O–H groups in total. The van der Waals surface area contributed by atoms with E-state index in [1.54, 1.807) is 0 Å². The third-order valence-electron chi connectivity index (χ3n) is 3.75. The number of likely N-dealkylation sites (N-methyl/N-ethyl adjacent to an activating group) is 1. The highest BCUT2D eigenvalue weighted by Gasteiger charge is 2.17. The van der Waals surface area contributed by atoms with Crippen LogP contribution in [0.15, 0.2) is 18.2 Å². The molecule has 1 aromatic rings. The maximum absolute atomic E-state index is 12.3. The van der Waals surface area contributed by atoms with Gasteiger partial charge in [-0.2, -0.15) is 0 Å². The van der Waals surface area contributed by atoms with Crippen LogP contribution in [0.4, 0.5) is 0 Å². The van der Waals surface area contributed by atoms with Gasteiger partial charge in [0.05, 0.1) is 6.54 Å². The summed E-state index contributed by atoms with van der Waals surface area (Å²) in [6, 6.07) is 6.48. The predicted molar refractivity (Wildman–Crippen MR) is 77.2 cm³/mol. The highest BCUT2D eigenvalue weighted by atomic mass is 16.1. The van der Waals surface area contributed by atoms with E-state index >= 15 is 0 Å². The average Bonchev–Trinajstić information content (AvgIpc) is 2.30. The molecule has 0 saturated carbocycles. The summed E-state index contributed by atoms with van der Waals surface area (Å²) in [5.74, 6) is 0.771. The number of hydrogen-bond donors (Lipinski definition) is 0. The van der Waals surface area contributed by atoms with Crippen molar-refractivity contribution in [1.82, 2.24) is 4.90 Å². The summed E-state index contributed by atoms with van der Waals surface area (Å²) < 4.78 is 0. The molecule has 0 fully saturated rings. The van der Waals surface area contributed by atoms with Crippen molar-refractivity contribution in [2.75, 3.05) is 13.6 Å². The largest absolute Gasteiger partial charge is 0.296 e. The smallest absolute Gasteiger partial charge is 0.177 e. The fourth-order valence-electron chi connectivity index (χ4n) is 2.00. The van der Waals surface area contributed by atoms with Crippen molar-refractivity contribution in [1.29, 1.82) is 0 Å². The molecule has 0 radical (unpaired) electrons. The first-order chi connectivity index (χ1) is 8.32. The fourth-order valence-corrected chi connectivity index (χ4v) is 2.00. The fraction of sp³-hybridized carbons (Fsp3) is 0.562. The third-order valence-corrected chi connectivity index (χ3v) is 3.75. The Labute approximate surface area is 111 Å². The molecule has 0 aliphatic carbocycles. The van der Waals surface area contributed by atoms with E-state index in [-0.39, 0.29) is 5.78 Å². The number of rotatable bonds is 5. The van der Waals surface area contributed by atoms with E-state index in [1.165, 1.54) is 0 Å². The van der Waals surface area contributed by atoms with Crippen molar-refractivity contribution in [3.63, 3.8) is 0 Å². The molecule has 0 aromatic heterocycles. The Kier molecular flexibility index (Phi) is 5.09. The SMILES string of the molecule is Cc1ccc(C)c(C(=O)CN(C)C(C)C(C)C)c1. The van der Waals surface area contributed by atoms with Crippen LogP contribution < -0.4 is 0 Å². The monoisotopic (exact) mass is 247 g/mol. The molecule has 1 rings (SSSR count). The van der Waals surface area contributed by atoms with Crippen molar-refractivity contribution in [2.24, 2.45) is 5.92 Å². The lowest BCUT2D eigenvalue weighted by atomic mass is 10.00. The second-order valence-corrected chi connectivity index (χ2v) is 5.64. The lowest BCUT2D eigenvalue weighted by molar-refractivity contribution is 0.0906. The molecule has 0 spiro atoms. The summed E-state index contributed by atoms with van der Waals surface area (Å²) in [6.45, 7) is 11.0. The predicted octanol–water partition coefficient (Wildman–Crippen LogP) is 3.46. The number of Topliss-reactive ketones (excluding diaryl/α,β-unsaturated/α-hetero) is 1. The molecule has 1 unspecified atom stereocenters. The van der Waals surface area contributed by atoms with Crippen molar-refractivity contribution >= 4 is 5.78 Å². The van der Waals surface area contributed by atoms with E-state index in [1.807, 2.05) is 39.1 Å². The molecule has 100 valence electrons. The molecular weight excluding hydrogens is 222 g/mol. The molecule has 0 aliphatic heterocycles. The van der Waals surface area contributed by atoms with Crippen LogP contribution in [0, 0.1) is 19.8 Å². The van der Waals surface area contributed by atoms with Crippen molar-refractivity contribution in [2.45, 2.75) is 40.7 Å². The summed E-state index contributed by atoms with van der Waals surface area (Å²) in [7, 11) is 2.02. The van der Waals surface area contributed by atoms with Gasteiger partial charge in [-0.3, -0.25) is 9.69 Å². The van der Waals surface area contributed by atoms with E-state index in [2.05, 4.69) is 25.7 Å². The summed E-state index contributed by atoms with van der Waals surface area (Å²) in [5.41, 5.74) is 3.07. The van der Waals surface area contributed by atoms with Gasteiger partial charge in [0.2, 0.25) is 0 Å². The second-order valence-electron chi connectivity index (χ2n) is 5.64. The maximum Gasteiger partial charge on any atom is 0.177 e. The van der Waals surface area contributed by atoms with Gasteiger partial charge < -0.3 is 0 Å². The first-order valence-electron chi connectivity index (χ1n) is 6.63. The van der Waals surface area contributed by atoms with Gasteiger partial charge >= 0.3 is 0 Å². The zero-order valence-electron chi connectivity index (χ0n) is 12.4. The Morgan fingerprint density at radius 3 is 2.39 bits per heavy atom. The number of aryl methyl sites for hydroxylation is 2. The number of carbonyl (C=O) groups excluding carboxylic acids is 1. The third kappa shape index (κ3) is 3.67. The van der Waals surface area contributed by atoms with Gasteiger partial charge in [0.25, 0.3) is 0 Å². The van der Waals surface area contributed by atoms with Crippen LogP contribution in [-0.2, 0) is 0 Å². The highest BCUT2D eigenvalue weighted by Crippen LogP contribution is 2.14. The van der Waals surface area contributed by atoms with Crippen molar-refractivity contribution in [3.8, 4) is 0 Å². The molecular formula is C16H25NO. The number of nitrogens with zero attached hydrogens (tertiary/aromatic N) is 1. The molecule has 18 heavy (non-hydrogen) atoms. The van der Waals surface area contributed by atoms with Crippen LogP contribution in [0.25, 0.3) is 0 Å². The minimum Gasteiger partial charge on any atom is -0.296 e. The van der Waals surface area contributed by atoms with Gasteiger partial charge in [0.1, 0.15) is 0 Å². The molecule has 0 saturated heterocycles. The van der Waals surface area contributed by atoms with Crippen LogP contribution in [0.5, 0.6) is 0 Å². The lowest BCUT2D eigenvalue weighted by Gasteiger charge is -2.27. The average molecular weight is 247 g/mol. The Balaban J connectivity index is 2.79. The standard InChI is InChI=1S/C16H25NO/c1-11(2)14(5)17(6)10-16(18)15-9-12(3)7-8-13(15)4/h7-9,11,14H,10H2,1-6H3. The molecule has 0 heterocycles. The van der Waals surface area contributed by atoms with Crippen molar-refractivity contribution < 1.29 is 4.79 Å². The molecule has 1 atom stereocenters. The summed E-state index contributed by atoms with van der Waals surface area (Å²) >= 11 is 0. The van der Waals surface area contributed by atoms with Gasteiger partial charge in [-0.15, -0.1) is 0 Å². The highest BCUT2D eigenvalue weighted by molar-refractivity contribution is 5.99. The first-order valence-corrected chi connectivity index (χ1v) is 6.63. The van der Waals surface area contributed by atoms with Gasteiger partial charge in [0, 0.05) is 11.6 Å². The normalized spacial score (nSPS) is 13.1. The molecule has 2 heteroatoms. The van der Waals surface area contributed by atoms with Crippen LogP contribution in [-0.4, -0.2) is 30.3 Å². The second kappa shape index (κ2) is 6.14. The number of benzene rings is 1. The van der Waals surface area contributed by atoms with E-state index in [0.717, 1.165) is 16.7 Å². The topological polar surface area (TPSA) is 20.3 Å². The maximum atomic E-state index is 12.3. The van der Waals surface area contributed by atoms with Crippen LogP contribution in [0.3, 0.4) is 0 Å². The van der Waals surface area contributed by atoms with Gasteiger partial charge in [-0.25, -0.2) is 0 Å².